The maximum Gasteiger partial charge on any atom is 0.126 e. The van der Waals surface area contributed by atoms with Crippen LogP contribution in [0.1, 0.15) is 11.1 Å². The number of rotatable bonds is 7. The monoisotopic (exact) mass is 227 g/mol. The molecular weight excluding hydrogens is 209 g/mol. The Bertz CT molecular complexity index is 318. The first kappa shape index (κ1) is 13.1. The van der Waals surface area contributed by atoms with Crippen LogP contribution in [0, 0.1) is 12.7 Å². The molecule has 0 amide bonds. The SMILES string of the molecule is Cc1ccc(CNCCOCCO)cc1F. The van der Waals surface area contributed by atoms with Crippen molar-refractivity contribution in [1.29, 1.82) is 0 Å². The highest BCUT2D eigenvalue weighted by molar-refractivity contribution is 5.23. The summed E-state index contributed by atoms with van der Waals surface area (Å²) in [7, 11) is 0. The van der Waals surface area contributed by atoms with Crippen LogP contribution in [0.15, 0.2) is 18.2 Å². The second-order valence-electron chi connectivity index (χ2n) is 3.60. The minimum atomic E-state index is -0.171. The number of nitrogens with one attached hydrogen (secondary N) is 1. The van der Waals surface area contributed by atoms with Crippen molar-refractivity contribution in [2.75, 3.05) is 26.4 Å². The largest absolute Gasteiger partial charge is 0.394 e. The zero-order chi connectivity index (χ0) is 11.8. The van der Waals surface area contributed by atoms with Crippen LogP contribution in [0.25, 0.3) is 0 Å². The van der Waals surface area contributed by atoms with E-state index in [-0.39, 0.29) is 12.4 Å². The lowest BCUT2D eigenvalue weighted by molar-refractivity contribution is 0.0938. The van der Waals surface area contributed by atoms with Crippen LogP contribution < -0.4 is 5.32 Å². The molecule has 2 N–H and O–H groups in total. The summed E-state index contributed by atoms with van der Waals surface area (Å²) in [5, 5.41) is 11.6. The van der Waals surface area contributed by atoms with Gasteiger partial charge >= 0.3 is 0 Å². The molecule has 1 rings (SSSR count). The number of hydrogen-bond acceptors (Lipinski definition) is 3. The van der Waals surface area contributed by atoms with Crippen molar-refractivity contribution in [2.45, 2.75) is 13.5 Å². The predicted octanol–water partition coefficient (Wildman–Crippen LogP) is 1.23. The molecular formula is C12H18FNO2. The van der Waals surface area contributed by atoms with E-state index in [1.165, 1.54) is 6.07 Å². The summed E-state index contributed by atoms with van der Waals surface area (Å²) in [6, 6.07) is 5.21. The number of hydrogen-bond donors (Lipinski definition) is 2. The first-order chi connectivity index (χ1) is 7.74. The molecule has 0 saturated carbocycles. The van der Waals surface area contributed by atoms with E-state index in [2.05, 4.69) is 5.32 Å². The van der Waals surface area contributed by atoms with Crippen molar-refractivity contribution in [1.82, 2.24) is 5.32 Å². The van der Waals surface area contributed by atoms with E-state index in [9.17, 15) is 4.39 Å². The van der Waals surface area contributed by atoms with Gasteiger partial charge in [0.1, 0.15) is 5.82 Å². The van der Waals surface area contributed by atoms with Gasteiger partial charge in [-0.15, -0.1) is 0 Å². The van der Waals surface area contributed by atoms with Crippen LogP contribution in [0.5, 0.6) is 0 Å². The molecule has 0 heterocycles. The summed E-state index contributed by atoms with van der Waals surface area (Å²) in [6.45, 7) is 4.02. The van der Waals surface area contributed by atoms with E-state index in [0.29, 0.717) is 31.9 Å². The van der Waals surface area contributed by atoms with Crippen molar-refractivity contribution < 1.29 is 14.2 Å². The molecule has 3 nitrogen and oxygen atoms in total. The quantitative estimate of drug-likeness (QED) is 0.688. The number of halogens is 1. The van der Waals surface area contributed by atoms with Crippen LogP contribution in [0.4, 0.5) is 4.39 Å². The fourth-order valence-corrected chi connectivity index (χ4v) is 1.29. The topological polar surface area (TPSA) is 41.5 Å². The number of ether oxygens (including phenoxy) is 1. The van der Waals surface area contributed by atoms with Gasteiger partial charge in [-0.3, -0.25) is 0 Å². The Kier molecular flexibility index (Phi) is 6.00. The molecule has 0 aliphatic carbocycles. The van der Waals surface area contributed by atoms with Gasteiger partial charge in [0.05, 0.1) is 19.8 Å². The van der Waals surface area contributed by atoms with Gasteiger partial charge in [-0.05, 0) is 24.1 Å². The summed E-state index contributed by atoms with van der Waals surface area (Å²) in [5.41, 5.74) is 1.58. The Morgan fingerprint density at radius 1 is 1.38 bits per heavy atom. The molecule has 0 saturated heterocycles. The van der Waals surface area contributed by atoms with Crippen LogP contribution in [0.2, 0.25) is 0 Å². The lowest BCUT2D eigenvalue weighted by Crippen LogP contribution is -2.20. The molecule has 0 atom stereocenters. The molecule has 0 aliphatic heterocycles. The van der Waals surface area contributed by atoms with Crippen molar-refractivity contribution >= 4 is 0 Å². The Morgan fingerprint density at radius 2 is 2.19 bits per heavy atom. The number of aliphatic hydroxyl groups excluding tert-OH is 1. The molecule has 1 aromatic rings. The van der Waals surface area contributed by atoms with E-state index in [1.807, 2.05) is 6.07 Å². The maximum atomic E-state index is 13.2. The number of benzene rings is 1. The van der Waals surface area contributed by atoms with Crippen LogP contribution >= 0.6 is 0 Å². The summed E-state index contributed by atoms with van der Waals surface area (Å²) in [6.07, 6.45) is 0. The first-order valence-electron chi connectivity index (χ1n) is 5.38. The molecule has 0 spiro atoms. The molecule has 0 unspecified atom stereocenters. The third kappa shape index (κ3) is 4.70. The average Bonchev–Trinajstić information content (AvgIpc) is 2.28. The van der Waals surface area contributed by atoms with Gasteiger partial charge in [0.2, 0.25) is 0 Å². The summed E-state index contributed by atoms with van der Waals surface area (Å²) in [4.78, 5) is 0. The summed E-state index contributed by atoms with van der Waals surface area (Å²) >= 11 is 0. The maximum absolute atomic E-state index is 13.2. The van der Waals surface area contributed by atoms with E-state index in [1.54, 1.807) is 13.0 Å². The second kappa shape index (κ2) is 7.33. The van der Waals surface area contributed by atoms with Crippen LogP contribution in [-0.2, 0) is 11.3 Å². The fourth-order valence-electron chi connectivity index (χ4n) is 1.29. The molecule has 0 aromatic heterocycles. The van der Waals surface area contributed by atoms with Crippen molar-refractivity contribution in [3.8, 4) is 0 Å². The zero-order valence-corrected chi connectivity index (χ0v) is 9.50. The lowest BCUT2D eigenvalue weighted by atomic mass is 10.1. The highest BCUT2D eigenvalue weighted by Crippen LogP contribution is 2.08. The van der Waals surface area contributed by atoms with Gasteiger partial charge < -0.3 is 15.2 Å². The van der Waals surface area contributed by atoms with Gasteiger partial charge in [-0.25, -0.2) is 4.39 Å². The van der Waals surface area contributed by atoms with Gasteiger partial charge in [0.25, 0.3) is 0 Å². The summed E-state index contributed by atoms with van der Waals surface area (Å²) < 4.78 is 18.3. The molecule has 0 fully saturated rings. The van der Waals surface area contributed by atoms with E-state index in [4.69, 9.17) is 9.84 Å². The van der Waals surface area contributed by atoms with Gasteiger partial charge in [0, 0.05) is 13.1 Å². The van der Waals surface area contributed by atoms with Crippen LogP contribution in [0.3, 0.4) is 0 Å². The predicted molar refractivity (Wildman–Crippen MR) is 60.7 cm³/mol. The molecule has 90 valence electrons. The Balaban J connectivity index is 2.19. The molecule has 0 aliphatic rings. The van der Waals surface area contributed by atoms with Crippen LogP contribution in [-0.4, -0.2) is 31.5 Å². The Hall–Kier alpha value is -0.970. The number of aliphatic hydroxyl groups is 1. The highest BCUT2D eigenvalue weighted by Gasteiger charge is 1.98. The third-order valence-electron chi connectivity index (χ3n) is 2.22. The van der Waals surface area contributed by atoms with Gasteiger partial charge in [0.15, 0.2) is 0 Å². The van der Waals surface area contributed by atoms with Crippen molar-refractivity contribution in [2.24, 2.45) is 0 Å². The molecule has 4 heteroatoms. The van der Waals surface area contributed by atoms with Gasteiger partial charge in [-0.1, -0.05) is 12.1 Å². The summed E-state index contributed by atoms with van der Waals surface area (Å²) in [5.74, 6) is -0.171. The van der Waals surface area contributed by atoms with E-state index < -0.39 is 0 Å². The Morgan fingerprint density at radius 3 is 2.88 bits per heavy atom. The standard InChI is InChI=1S/C12H18FNO2/c1-10-2-3-11(8-12(10)13)9-14-4-6-16-7-5-15/h2-3,8,14-15H,4-7,9H2,1H3. The number of aryl methyl sites for hydroxylation is 1. The van der Waals surface area contributed by atoms with Crippen molar-refractivity contribution in [3.05, 3.63) is 35.1 Å². The normalized spacial score (nSPS) is 10.7. The van der Waals surface area contributed by atoms with Crippen molar-refractivity contribution in [3.63, 3.8) is 0 Å². The minimum absolute atomic E-state index is 0.0448. The highest BCUT2D eigenvalue weighted by atomic mass is 19.1. The minimum Gasteiger partial charge on any atom is -0.394 e. The van der Waals surface area contributed by atoms with E-state index >= 15 is 0 Å². The van der Waals surface area contributed by atoms with Gasteiger partial charge in [-0.2, -0.15) is 0 Å². The Labute approximate surface area is 95.2 Å². The average molecular weight is 227 g/mol. The smallest absolute Gasteiger partial charge is 0.126 e. The second-order valence-corrected chi connectivity index (χ2v) is 3.60. The molecule has 0 radical (unpaired) electrons. The lowest BCUT2D eigenvalue weighted by Gasteiger charge is -2.06. The third-order valence-corrected chi connectivity index (χ3v) is 2.22. The zero-order valence-electron chi connectivity index (χ0n) is 9.50. The molecule has 1 aromatic carbocycles. The molecule has 16 heavy (non-hydrogen) atoms. The molecule has 0 bridgehead atoms. The first-order valence-corrected chi connectivity index (χ1v) is 5.38. The van der Waals surface area contributed by atoms with E-state index in [0.717, 1.165) is 5.56 Å². The fraction of sp³-hybridized carbons (Fsp3) is 0.500.